The second-order valence-electron chi connectivity index (χ2n) is 5.79. The zero-order chi connectivity index (χ0) is 17.9. The molecule has 0 saturated heterocycles. The van der Waals surface area contributed by atoms with Gasteiger partial charge >= 0.3 is 0 Å². The number of benzene rings is 1. The van der Waals surface area contributed by atoms with Crippen LogP contribution in [-0.4, -0.2) is 9.97 Å². The van der Waals surface area contributed by atoms with Crippen molar-refractivity contribution in [2.75, 3.05) is 5.73 Å². The first-order valence-corrected chi connectivity index (χ1v) is 8.00. The summed E-state index contributed by atoms with van der Waals surface area (Å²) in [5.41, 5.74) is 8.50. The molecule has 24 heavy (non-hydrogen) atoms. The van der Waals surface area contributed by atoms with E-state index >= 15 is 0 Å². The van der Waals surface area contributed by atoms with Crippen molar-refractivity contribution in [2.24, 2.45) is 5.92 Å². The zero-order valence-electron chi connectivity index (χ0n) is 14.8. The van der Waals surface area contributed by atoms with E-state index < -0.39 is 0 Å². The first kappa shape index (κ1) is 19.5. The molecule has 0 atom stereocenters. The molecule has 1 aromatic carbocycles. The number of aromatic nitrogens is 2. The van der Waals surface area contributed by atoms with Crippen LogP contribution in [0.25, 0.3) is 0 Å². The molecule has 0 spiro atoms. The summed E-state index contributed by atoms with van der Waals surface area (Å²) in [6.07, 6.45) is 3.00. The number of aryl methyl sites for hydroxylation is 1. The van der Waals surface area contributed by atoms with E-state index in [0.717, 1.165) is 23.9 Å². The van der Waals surface area contributed by atoms with Gasteiger partial charge in [0.25, 0.3) is 0 Å². The second kappa shape index (κ2) is 10.3. The Morgan fingerprint density at radius 1 is 1.21 bits per heavy atom. The highest BCUT2D eigenvalue weighted by atomic mass is 16.5. The normalized spacial score (nSPS) is 10.5. The lowest BCUT2D eigenvalue weighted by Crippen LogP contribution is -2.09. The minimum absolute atomic E-state index is 0.477. The standard InChI is InChI=1S/C16H21N3O.C3H5O/c1-11(2)9-14-16(18-12(3)15(17)19-14)20-10-13-7-5-4-6-8-13;1-2-3-4/h4-8,11H,9-10H2,1-3H3,(H2,17,19);2-3H,1H3. The molecule has 2 aromatic rings. The summed E-state index contributed by atoms with van der Waals surface area (Å²) in [6, 6.07) is 10.0. The summed E-state index contributed by atoms with van der Waals surface area (Å²) < 4.78 is 5.83. The molecule has 5 heteroatoms. The van der Waals surface area contributed by atoms with Gasteiger partial charge in [-0.2, -0.15) is 0 Å². The molecule has 0 aliphatic carbocycles. The lowest BCUT2D eigenvalue weighted by atomic mass is 10.1. The average Bonchev–Trinajstić information content (AvgIpc) is 2.57. The summed E-state index contributed by atoms with van der Waals surface area (Å²) in [4.78, 5) is 8.85. The number of nitrogens with zero attached hydrogens (tertiary/aromatic N) is 2. The second-order valence-corrected chi connectivity index (χ2v) is 5.79. The Kier molecular flexibility index (Phi) is 8.33. The van der Waals surface area contributed by atoms with Crippen LogP contribution in [0.1, 0.15) is 37.7 Å². The molecular formula is C19H26N3O2. The van der Waals surface area contributed by atoms with Crippen molar-refractivity contribution in [3.63, 3.8) is 0 Å². The number of rotatable bonds is 5. The van der Waals surface area contributed by atoms with Gasteiger partial charge in [0, 0.05) is 0 Å². The quantitative estimate of drug-likeness (QED) is 0.838. The smallest absolute Gasteiger partial charge is 0.236 e. The van der Waals surface area contributed by atoms with Gasteiger partial charge in [-0.25, -0.2) is 9.97 Å². The fourth-order valence-corrected chi connectivity index (χ4v) is 1.91. The Hall–Kier alpha value is -2.56. The van der Waals surface area contributed by atoms with E-state index in [9.17, 15) is 0 Å². The summed E-state index contributed by atoms with van der Waals surface area (Å²) >= 11 is 0. The van der Waals surface area contributed by atoms with E-state index in [-0.39, 0.29) is 0 Å². The first-order valence-electron chi connectivity index (χ1n) is 8.00. The van der Waals surface area contributed by atoms with E-state index in [2.05, 4.69) is 23.8 Å². The summed E-state index contributed by atoms with van der Waals surface area (Å²) in [6.45, 7) is 8.30. The molecule has 0 bridgehead atoms. The van der Waals surface area contributed by atoms with Crippen molar-refractivity contribution in [1.82, 2.24) is 9.97 Å². The van der Waals surface area contributed by atoms with Crippen LogP contribution < -0.4 is 10.5 Å². The van der Waals surface area contributed by atoms with Crippen molar-refractivity contribution >= 4 is 5.82 Å². The molecule has 1 aromatic heterocycles. The molecule has 1 heterocycles. The van der Waals surface area contributed by atoms with Crippen LogP contribution in [0.15, 0.2) is 42.7 Å². The highest BCUT2D eigenvalue weighted by Gasteiger charge is 2.12. The summed E-state index contributed by atoms with van der Waals surface area (Å²) in [7, 11) is 0. The molecule has 1 radical (unpaired) electrons. The molecule has 0 fully saturated rings. The molecule has 2 rings (SSSR count). The molecule has 0 amide bonds. The van der Waals surface area contributed by atoms with Gasteiger partial charge in [-0.05, 0) is 37.8 Å². The number of allylic oxidation sites excluding steroid dienone is 1. The number of nitrogen functional groups attached to an aromatic ring is 1. The molecule has 0 aliphatic heterocycles. The maximum absolute atomic E-state index is 9.12. The third-order valence-electron chi connectivity index (χ3n) is 3.10. The fourth-order valence-electron chi connectivity index (χ4n) is 1.91. The van der Waals surface area contributed by atoms with Crippen molar-refractivity contribution in [3.05, 3.63) is 59.6 Å². The molecule has 2 N–H and O–H groups in total. The third-order valence-corrected chi connectivity index (χ3v) is 3.10. The van der Waals surface area contributed by atoms with E-state index in [1.807, 2.05) is 37.3 Å². The predicted octanol–water partition coefficient (Wildman–Crippen LogP) is 4.10. The lowest BCUT2D eigenvalue weighted by Gasteiger charge is -2.13. The minimum Gasteiger partial charge on any atom is -0.471 e. The fraction of sp³-hybridized carbons (Fsp3) is 0.368. The van der Waals surface area contributed by atoms with Crippen LogP contribution in [0.5, 0.6) is 5.88 Å². The Morgan fingerprint density at radius 3 is 2.38 bits per heavy atom. The highest BCUT2D eigenvalue weighted by Crippen LogP contribution is 2.21. The Morgan fingerprint density at radius 2 is 1.83 bits per heavy atom. The average molecular weight is 328 g/mol. The molecule has 0 aliphatic rings. The SMILES string of the molecule is CC=C[O].Cc1nc(OCc2ccccc2)c(CC(C)C)nc1N. The Balaban J connectivity index is 0.000000648. The largest absolute Gasteiger partial charge is 0.471 e. The molecule has 5 nitrogen and oxygen atoms in total. The minimum atomic E-state index is 0.477. The Labute approximate surface area is 144 Å². The topological polar surface area (TPSA) is 80.9 Å². The predicted molar refractivity (Wildman–Crippen MR) is 96.0 cm³/mol. The van der Waals surface area contributed by atoms with Crippen LogP contribution in [0.2, 0.25) is 0 Å². The van der Waals surface area contributed by atoms with Gasteiger partial charge in [-0.1, -0.05) is 44.2 Å². The van der Waals surface area contributed by atoms with Crippen molar-refractivity contribution < 1.29 is 9.84 Å². The monoisotopic (exact) mass is 328 g/mol. The van der Waals surface area contributed by atoms with Crippen LogP contribution in [-0.2, 0) is 18.1 Å². The van der Waals surface area contributed by atoms with Crippen LogP contribution in [0.4, 0.5) is 5.82 Å². The number of ether oxygens (including phenoxy) is 1. The van der Waals surface area contributed by atoms with Crippen LogP contribution >= 0.6 is 0 Å². The maximum atomic E-state index is 9.12. The molecule has 0 unspecified atom stereocenters. The van der Waals surface area contributed by atoms with Gasteiger partial charge in [0.1, 0.15) is 24.4 Å². The van der Waals surface area contributed by atoms with Crippen molar-refractivity contribution in [3.8, 4) is 5.88 Å². The van der Waals surface area contributed by atoms with E-state index in [1.165, 1.54) is 6.08 Å². The molecule has 129 valence electrons. The van der Waals surface area contributed by atoms with Gasteiger partial charge in [0.2, 0.25) is 5.88 Å². The zero-order valence-corrected chi connectivity index (χ0v) is 14.8. The number of nitrogens with two attached hydrogens (primary N) is 1. The summed E-state index contributed by atoms with van der Waals surface area (Å²) in [5, 5.41) is 9.12. The van der Waals surface area contributed by atoms with E-state index in [4.69, 9.17) is 15.6 Å². The van der Waals surface area contributed by atoms with Gasteiger partial charge in [0.15, 0.2) is 0 Å². The maximum Gasteiger partial charge on any atom is 0.236 e. The number of anilines is 1. The van der Waals surface area contributed by atoms with Crippen LogP contribution in [0.3, 0.4) is 0 Å². The number of hydrogen-bond donors (Lipinski definition) is 1. The summed E-state index contributed by atoms with van der Waals surface area (Å²) in [5.74, 6) is 1.55. The van der Waals surface area contributed by atoms with Gasteiger partial charge in [-0.15, -0.1) is 0 Å². The van der Waals surface area contributed by atoms with Gasteiger partial charge in [0.05, 0.1) is 5.69 Å². The number of hydrogen-bond acceptors (Lipinski definition) is 4. The Bertz CT molecular complexity index is 637. The van der Waals surface area contributed by atoms with E-state index in [1.54, 1.807) is 6.92 Å². The van der Waals surface area contributed by atoms with Crippen LogP contribution in [0, 0.1) is 12.8 Å². The van der Waals surface area contributed by atoms with Gasteiger partial charge < -0.3 is 10.5 Å². The van der Waals surface area contributed by atoms with Crippen molar-refractivity contribution in [2.45, 2.75) is 40.7 Å². The molecule has 0 saturated carbocycles. The van der Waals surface area contributed by atoms with Gasteiger partial charge in [-0.3, -0.25) is 5.11 Å². The lowest BCUT2D eigenvalue weighted by molar-refractivity contribution is 0.286. The van der Waals surface area contributed by atoms with E-state index in [0.29, 0.717) is 29.9 Å². The first-order chi connectivity index (χ1) is 11.5. The van der Waals surface area contributed by atoms with Crippen molar-refractivity contribution in [1.29, 1.82) is 0 Å². The third kappa shape index (κ3) is 6.69. The highest BCUT2D eigenvalue weighted by molar-refractivity contribution is 5.38. The molecular weight excluding hydrogens is 302 g/mol.